The van der Waals surface area contributed by atoms with Gasteiger partial charge in [-0.3, -0.25) is 4.79 Å². The Bertz CT molecular complexity index is 615. The quantitative estimate of drug-likeness (QED) is 0.916. The summed E-state index contributed by atoms with van der Waals surface area (Å²) in [6.07, 6.45) is 4.63. The number of hydrogen-bond donors (Lipinski definition) is 1. The molecule has 3 rings (SSSR count). The van der Waals surface area contributed by atoms with Crippen molar-refractivity contribution in [1.29, 1.82) is 0 Å². The lowest BCUT2D eigenvalue weighted by Gasteiger charge is -2.14. The number of amides is 1. The lowest BCUT2D eigenvalue weighted by Crippen LogP contribution is -2.29. The van der Waals surface area contributed by atoms with Crippen LogP contribution in [0.25, 0.3) is 5.65 Å². The molecule has 0 bridgehead atoms. The molecule has 6 nitrogen and oxygen atoms in total. The van der Waals surface area contributed by atoms with Crippen molar-refractivity contribution in [2.45, 2.75) is 26.2 Å². The number of hydrogen-bond acceptors (Lipinski definition) is 4. The number of aryl methyl sites for hydroxylation is 1. The molecule has 1 amide bonds. The third kappa shape index (κ3) is 2.59. The van der Waals surface area contributed by atoms with Gasteiger partial charge in [0.1, 0.15) is 0 Å². The van der Waals surface area contributed by atoms with Crippen molar-refractivity contribution in [2.75, 3.05) is 25.0 Å². The minimum absolute atomic E-state index is 0.218. The van der Waals surface area contributed by atoms with Crippen molar-refractivity contribution in [1.82, 2.24) is 19.5 Å². The zero-order valence-corrected chi connectivity index (χ0v) is 11.7. The fraction of sp³-hybridized carbons (Fsp3) is 0.500. The van der Waals surface area contributed by atoms with Crippen LogP contribution in [-0.4, -0.2) is 45.0 Å². The Balaban J connectivity index is 1.57. The van der Waals surface area contributed by atoms with Crippen LogP contribution in [0.1, 0.15) is 24.8 Å². The zero-order valence-electron chi connectivity index (χ0n) is 11.7. The van der Waals surface area contributed by atoms with Crippen LogP contribution in [0.5, 0.6) is 0 Å². The number of nitrogens with one attached hydrogen (secondary N) is 1. The number of pyridine rings is 1. The van der Waals surface area contributed by atoms with Crippen molar-refractivity contribution in [2.24, 2.45) is 0 Å². The molecule has 0 saturated carbocycles. The lowest BCUT2D eigenvalue weighted by molar-refractivity contribution is -0.129. The monoisotopic (exact) mass is 273 g/mol. The largest absolute Gasteiger partial charge is 0.352 e. The number of likely N-dealkylation sites (tertiary alicyclic amines) is 1. The molecule has 0 aromatic carbocycles. The summed E-state index contributed by atoms with van der Waals surface area (Å²) >= 11 is 0. The van der Waals surface area contributed by atoms with Crippen LogP contribution in [-0.2, 0) is 4.79 Å². The zero-order chi connectivity index (χ0) is 13.9. The summed E-state index contributed by atoms with van der Waals surface area (Å²) < 4.78 is 1.75. The molecule has 3 heterocycles. The second-order valence-electron chi connectivity index (χ2n) is 5.16. The van der Waals surface area contributed by atoms with E-state index in [0.717, 1.165) is 37.1 Å². The molecule has 0 aliphatic carbocycles. The third-order valence-electron chi connectivity index (χ3n) is 3.64. The van der Waals surface area contributed by atoms with E-state index in [1.807, 2.05) is 30.2 Å². The summed E-state index contributed by atoms with van der Waals surface area (Å²) in [5.41, 5.74) is 1.93. The number of fused-ring (bicyclic) bond motifs is 1. The number of carbonyl (C=O) groups is 1. The van der Waals surface area contributed by atoms with Gasteiger partial charge in [-0.25, -0.2) is 4.52 Å². The van der Waals surface area contributed by atoms with Crippen LogP contribution in [0.2, 0.25) is 0 Å². The van der Waals surface area contributed by atoms with E-state index in [4.69, 9.17) is 0 Å². The van der Waals surface area contributed by atoms with Crippen LogP contribution >= 0.6 is 0 Å². The molecule has 6 heteroatoms. The Labute approximate surface area is 117 Å². The molecule has 20 heavy (non-hydrogen) atoms. The van der Waals surface area contributed by atoms with E-state index in [2.05, 4.69) is 15.4 Å². The Hall–Kier alpha value is -2.11. The Morgan fingerprint density at radius 1 is 1.40 bits per heavy atom. The molecular formula is C14H19N5O. The minimum atomic E-state index is 0.218. The van der Waals surface area contributed by atoms with E-state index >= 15 is 0 Å². The molecule has 106 valence electrons. The average molecular weight is 273 g/mol. The predicted octanol–water partition coefficient (Wildman–Crippen LogP) is 1.46. The number of anilines is 1. The van der Waals surface area contributed by atoms with Gasteiger partial charge in [-0.2, -0.15) is 4.98 Å². The number of rotatable bonds is 4. The van der Waals surface area contributed by atoms with E-state index in [0.29, 0.717) is 18.9 Å². The maximum atomic E-state index is 11.9. The van der Waals surface area contributed by atoms with Gasteiger partial charge >= 0.3 is 0 Å². The Morgan fingerprint density at radius 3 is 2.95 bits per heavy atom. The summed E-state index contributed by atoms with van der Waals surface area (Å²) in [6, 6.07) is 3.95. The van der Waals surface area contributed by atoms with Gasteiger partial charge in [-0.15, -0.1) is 5.10 Å². The van der Waals surface area contributed by atoms with Gasteiger partial charge < -0.3 is 10.2 Å². The normalized spacial score (nSPS) is 14.9. The fourth-order valence-electron chi connectivity index (χ4n) is 2.52. The Morgan fingerprint density at radius 2 is 2.20 bits per heavy atom. The maximum Gasteiger partial charge on any atom is 0.243 e. The van der Waals surface area contributed by atoms with Crippen LogP contribution in [0.15, 0.2) is 18.3 Å². The highest BCUT2D eigenvalue weighted by Crippen LogP contribution is 2.11. The van der Waals surface area contributed by atoms with Crippen molar-refractivity contribution < 1.29 is 4.79 Å². The van der Waals surface area contributed by atoms with Crippen molar-refractivity contribution in [3.05, 3.63) is 23.9 Å². The summed E-state index contributed by atoms with van der Waals surface area (Å²) in [4.78, 5) is 18.3. The van der Waals surface area contributed by atoms with Gasteiger partial charge in [-0.05, 0) is 31.4 Å². The van der Waals surface area contributed by atoms with Gasteiger partial charge in [-0.1, -0.05) is 6.07 Å². The van der Waals surface area contributed by atoms with Crippen molar-refractivity contribution in [3.8, 4) is 0 Å². The van der Waals surface area contributed by atoms with Crippen LogP contribution in [0.4, 0.5) is 5.95 Å². The maximum absolute atomic E-state index is 11.9. The molecule has 0 unspecified atom stereocenters. The van der Waals surface area contributed by atoms with Gasteiger partial charge in [0, 0.05) is 32.3 Å². The van der Waals surface area contributed by atoms with Crippen molar-refractivity contribution in [3.63, 3.8) is 0 Å². The van der Waals surface area contributed by atoms with Crippen LogP contribution in [0, 0.1) is 6.92 Å². The summed E-state index contributed by atoms with van der Waals surface area (Å²) in [5.74, 6) is 0.795. The topological polar surface area (TPSA) is 62.5 Å². The first-order valence-electron chi connectivity index (χ1n) is 7.08. The second-order valence-corrected chi connectivity index (χ2v) is 5.16. The first kappa shape index (κ1) is 12.9. The number of nitrogens with zero attached hydrogens (tertiary/aromatic N) is 4. The fourth-order valence-corrected chi connectivity index (χ4v) is 2.52. The van der Waals surface area contributed by atoms with E-state index in [1.165, 1.54) is 0 Å². The molecule has 1 fully saturated rings. The van der Waals surface area contributed by atoms with Crippen LogP contribution in [0.3, 0.4) is 0 Å². The minimum Gasteiger partial charge on any atom is -0.352 e. The molecule has 1 N–H and O–H groups in total. The van der Waals surface area contributed by atoms with E-state index in [1.54, 1.807) is 4.52 Å². The summed E-state index contributed by atoms with van der Waals surface area (Å²) in [7, 11) is 0. The van der Waals surface area contributed by atoms with Crippen LogP contribution < -0.4 is 5.32 Å². The number of carbonyl (C=O) groups excluding carboxylic acids is 1. The predicted molar refractivity (Wildman–Crippen MR) is 76.6 cm³/mol. The molecule has 0 atom stereocenters. The molecule has 1 saturated heterocycles. The SMILES string of the molecule is Cc1cccn2nc(NCCC(=O)N3CCCC3)nc12. The smallest absolute Gasteiger partial charge is 0.243 e. The van der Waals surface area contributed by atoms with E-state index in [9.17, 15) is 4.79 Å². The average Bonchev–Trinajstić information content (AvgIpc) is 3.07. The highest BCUT2D eigenvalue weighted by atomic mass is 16.2. The Kier molecular flexibility index (Phi) is 3.54. The molecule has 2 aromatic heterocycles. The van der Waals surface area contributed by atoms with E-state index < -0.39 is 0 Å². The van der Waals surface area contributed by atoms with E-state index in [-0.39, 0.29) is 5.91 Å². The summed E-state index contributed by atoms with van der Waals surface area (Å²) in [5, 5.41) is 7.46. The molecule has 2 aromatic rings. The number of aromatic nitrogens is 3. The standard InChI is InChI=1S/C14H19N5O/c1-11-5-4-10-19-13(11)16-14(17-19)15-7-6-12(20)18-8-2-3-9-18/h4-5,10H,2-3,6-9H2,1H3,(H,15,17). The molecule has 0 spiro atoms. The molecule has 0 radical (unpaired) electrons. The first-order valence-corrected chi connectivity index (χ1v) is 7.08. The summed E-state index contributed by atoms with van der Waals surface area (Å²) in [6.45, 7) is 4.39. The van der Waals surface area contributed by atoms with Gasteiger partial charge in [0.15, 0.2) is 5.65 Å². The van der Waals surface area contributed by atoms with Gasteiger partial charge in [0.25, 0.3) is 0 Å². The second kappa shape index (κ2) is 5.48. The molecule has 1 aliphatic heterocycles. The lowest BCUT2D eigenvalue weighted by atomic mass is 10.3. The third-order valence-corrected chi connectivity index (χ3v) is 3.64. The highest BCUT2D eigenvalue weighted by Gasteiger charge is 2.17. The van der Waals surface area contributed by atoms with Gasteiger partial charge in [0.05, 0.1) is 0 Å². The molecular weight excluding hydrogens is 254 g/mol. The first-order chi connectivity index (χ1) is 9.74. The van der Waals surface area contributed by atoms with Crippen molar-refractivity contribution >= 4 is 17.5 Å². The van der Waals surface area contributed by atoms with Gasteiger partial charge in [0.2, 0.25) is 11.9 Å². The molecule has 1 aliphatic rings. The highest BCUT2D eigenvalue weighted by molar-refractivity contribution is 5.76.